The highest BCUT2D eigenvalue weighted by atomic mass is 16.4. The molecule has 5 nitrogen and oxygen atoms in total. The molecule has 5 heteroatoms. The van der Waals surface area contributed by atoms with Crippen molar-refractivity contribution >= 4 is 12.0 Å². The van der Waals surface area contributed by atoms with Crippen molar-refractivity contribution in [3.8, 4) is 0 Å². The van der Waals surface area contributed by atoms with Crippen molar-refractivity contribution in [1.82, 2.24) is 10.6 Å². The number of carbonyl (C=O) groups is 2. The molecule has 0 saturated carbocycles. The molecular weight excluding hydrogens is 232 g/mol. The molecule has 0 spiro atoms. The molecule has 0 saturated heterocycles. The maximum Gasteiger partial charge on any atom is 0.326 e. The summed E-state index contributed by atoms with van der Waals surface area (Å²) in [7, 11) is 0. The van der Waals surface area contributed by atoms with Crippen LogP contribution in [-0.2, 0) is 4.79 Å². The number of carboxylic acids is 1. The molecule has 0 heterocycles. The first-order chi connectivity index (χ1) is 7.99. The quantitative estimate of drug-likeness (QED) is 0.707. The molecule has 0 rings (SSSR count). The summed E-state index contributed by atoms with van der Waals surface area (Å²) in [5.74, 6) is -1.02. The molecule has 0 aromatic heterocycles. The maximum atomic E-state index is 11.7. The van der Waals surface area contributed by atoms with Gasteiger partial charge in [-0.1, -0.05) is 41.5 Å². The number of amides is 2. The first-order valence-corrected chi connectivity index (χ1v) is 6.27. The molecular formula is C13H26N2O3. The number of hydrogen-bond donors (Lipinski definition) is 3. The Hall–Kier alpha value is -1.26. The fourth-order valence-electron chi connectivity index (χ4n) is 1.28. The number of aliphatic carboxylic acids is 1. The van der Waals surface area contributed by atoms with Gasteiger partial charge in [-0.05, 0) is 17.3 Å². The summed E-state index contributed by atoms with van der Waals surface area (Å²) in [5.41, 5.74) is -0.513. The van der Waals surface area contributed by atoms with Crippen LogP contribution >= 0.6 is 0 Å². The zero-order chi connectivity index (χ0) is 14.6. The summed E-state index contributed by atoms with van der Waals surface area (Å²) >= 11 is 0. The van der Waals surface area contributed by atoms with E-state index in [0.717, 1.165) is 6.42 Å². The third kappa shape index (κ3) is 5.89. The molecule has 18 heavy (non-hydrogen) atoms. The molecule has 3 N–H and O–H groups in total. The van der Waals surface area contributed by atoms with Crippen LogP contribution in [0, 0.1) is 10.8 Å². The number of rotatable bonds is 5. The fraction of sp³-hybridized carbons (Fsp3) is 0.846. The van der Waals surface area contributed by atoms with Crippen molar-refractivity contribution in [3.63, 3.8) is 0 Å². The van der Waals surface area contributed by atoms with E-state index in [1.807, 2.05) is 13.8 Å². The second-order valence-corrected chi connectivity index (χ2v) is 6.48. The predicted molar refractivity (Wildman–Crippen MR) is 71.5 cm³/mol. The SMILES string of the molecule is CCC(C)(C)CNC(=O)N[C@H](C(=O)O)C(C)(C)C. The molecule has 0 bridgehead atoms. The lowest BCUT2D eigenvalue weighted by molar-refractivity contribution is -0.141. The van der Waals surface area contributed by atoms with Gasteiger partial charge in [0.2, 0.25) is 0 Å². The van der Waals surface area contributed by atoms with Gasteiger partial charge in [-0.3, -0.25) is 0 Å². The Bertz CT molecular complexity index is 306. The molecule has 0 fully saturated rings. The van der Waals surface area contributed by atoms with Crippen molar-refractivity contribution in [2.45, 2.75) is 54.0 Å². The van der Waals surface area contributed by atoms with Gasteiger partial charge in [0.15, 0.2) is 0 Å². The van der Waals surface area contributed by atoms with E-state index in [0.29, 0.717) is 6.54 Å². The lowest BCUT2D eigenvalue weighted by Crippen LogP contribution is -2.53. The Morgan fingerprint density at radius 3 is 2.00 bits per heavy atom. The Morgan fingerprint density at radius 1 is 1.17 bits per heavy atom. The van der Waals surface area contributed by atoms with Crippen LogP contribution in [0.1, 0.15) is 48.0 Å². The number of carbonyl (C=O) groups excluding carboxylic acids is 1. The largest absolute Gasteiger partial charge is 0.480 e. The molecule has 0 aliphatic carbocycles. The van der Waals surface area contributed by atoms with Gasteiger partial charge in [0.05, 0.1) is 0 Å². The van der Waals surface area contributed by atoms with E-state index in [1.165, 1.54) is 0 Å². The Kier molecular flexibility index (Phi) is 5.64. The van der Waals surface area contributed by atoms with E-state index in [1.54, 1.807) is 20.8 Å². The van der Waals surface area contributed by atoms with E-state index in [9.17, 15) is 9.59 Å². The van der Waals surface area contributed by atoms with E-state index in [4.69, 9.17) is 5.11 Å². The lowest BCUT2D eigenvalue weighted by Gasteiger charge is -2.29. The normalized spacial score (nSPS) is 13.9. The molecule has 0 unspecified atom stereocenters. The van der Waals surface area contributed by atoms with E-state index < -0.39 is 23.5 Å². The number of carboxylic acid groups (broad SMARTS) is 1. The Labute approximate surface area is 109 Å². The minimum atomic E-state index is -1.02. The summed E-state index contributed by atoms with van der Waals surface area (Å²) in [6.45, 7) is 12.0. The van der Waals surface area contributed by atoms with Gasteiger partial charge in [0.25, 0.3) is 0 Å². The molecule has 0 aliphatic heterocycles. The fourth-order valence-corrected chi connectivity index (χ4v) is 1.28. The van der Waals surface area contributed by atoms with Gasteiger partial charge in [-0.15, -0.1) is 0 Å². The second-order valence-electron chi connectivity index (χ2n) is 6.48. The third-order valence-electron chi connectivity index (χ3n) is 3.07. The van der Waals surface area contributed by atoms with Gasteiger partial charge >= 0.3 is 12.0 Å². The second kappa shape index (κ2) is 6.07. The maximum absolute atomic E-state index is 11.7. The predicted octanol–water partition coefficient (Wildman–Crippen LogP) is 2.22. The molecule has 0 aromatic carbocycles. The number of hydrogen-bond acceptors (Lipinski definition) is 2. The summed E-state index contributed by atoms with van der Waals surface area (Å²) in [6.07, 6.45) is 0.939. The van der Waals surface area contributed by atoms with Crippen LogP contribution in [0.15, 0.2) is 0 Å². The number of nitrogens with one attached hydrogen (secondary N) is 2. The van der Waals surface area contributed by atoms with Crippen LogP contribution in [0.5, 0.6) is 0 Å². The van der Waals surface area contributed by atoms with Crippen LogP contribution in [0.2, 0.25) is 0 Å². The molecule has 0 aromatic rings. The first kappa shape index (κ1) is 16.7. The highest BCUT2D eigenvalue weighted by Gasteiger charge is 2.32. The van der Waals surface area contributed by atoms with Gasteiger partial charge in [-0.2, -0.15) is 0 Å². The van der Waals surface area contributed by atoms with Crippen LogP contribution in [0.25, 0.3) is 0 Å². The molecule has 2 amide bonds. The minimum absolute atomic E-state index is 0.0117. The zero-order valence-electron chi connectivity index (χ0n) is 12.3. The topological polar surface area (TPSA) is 78.4 Å². The molecule has 106 valence electrons. The molecule has 1 atom stereocenters. The Balaban J connectivity index is 4.42. The summed E-state index contributed by atoms with van der Waals surface area (Å²) in [5, 5.41) is 14.3. The highest BCUT2D eigenvalue weighted by Crippen LogP contribution is 2.20. The van der Waals surface area contributed by atoms with E-state index in [-0.39, 0.29) is 5.41 Å². The van der Waals surface area contributed by atoms with E-state index in [2.05, 4.69) is 17.6 Å². The number of urea groups is 1. The van der Waals surface area contributed by atoms with Crippen molar-refractivity contribution in [2.24, 2.45) is 10.8 Å². The highest BCUT2D eigenvalue weighted by molar-refractivity contribution is 5.83. The van der Waals surface area contributed by atoms with Crippen LogP contribution in [0.3, 0.4) is 0 Å². The standard InChI is InChI=1S/C13H26N2O3/c1-7-13(5,6)8-14-11(18)15-9(10(16)17)12(2,3)4/h9H,7-8H2,1-6H3,(H,16,17)(H2,14,15,18)/t9-/m1/s1. The van der Waals surface area contributed by atoms with Crippen molar-refractivity contribution < 1.29 is 14.7 Å². The van der Waals surface area contributed by atoms with Crippen molar-refractivity contribution in [1.29, 1.82) is 0 Å². The van der Waals surface area contributed by atoms with Crippen LogP contribution in [0.4, 0.5) is 4.79 Å². The summed E-state index contributed by atoms with van der Waals surface area (Å²) in [6, 6.07) is -1.33. The van der Waals surface area contributed by atoms with Crippen molar-refractivity contribution in [3.05, 3.63) is 0 Å². The average Bonchev–Trinajstić information content (AvgIpc) is 2.21. The molecule has 0 radical (unpaired) electrons. The first-order valence-electron chi connectivity index (χ1n) is 6.27. The monoisotopic (exact) mass is 258 g/mol. The molecule has 0 aliphatic rings. The van der Waals surface area contributed by atoms with Crippen LogP contribution in [-0.4, -0.2) is 29.7 Å². The third-order valence-corrected chi connectivity index (χ3v) is 3.07. The summed E-state index contributed by atoms with van der Waals surface area (Å²) < 4.78 is 0. The zero-order valence-corrected chi connectivity index (χ0v) is 12.3. The van der Waals surface area contributed by atoms with Crippen LogP contribution < -0.4 is 10.6 Å². The van der Waals surface area contributed by atoms with Gasteiger partial charge in [0.1, 0.15) is 6.04 Å². The smallest absolute Gasteiger partial charge is 0.326 e. The van der Waals surface area contributed by atoms with E-state index >= 15 is 0 Å². The average molecular weight is 258 g/mol. The van der Waals surface area contributed by atoms with Crippen molar-refractivity contribution in [2.75, 3.05) is 6.54 Å². The Morgan fingerprint density at radius 2 is 1.67 bits per heavy atom. The minimum Gasteiger partial charge on any atom is -0.480 e. The van der Waals surface area contributed by atoms with Gasteiger partial charge in [0, 0.05) is 6.54 Å². The van der Waals surface area contributed by atoms with Gasteiger partial charge in [-0.25, -0.2) is 9.59 Å². The summed E-state index contributed by atoms with van der Waals surface area (Å²) in [4.78, 5) is 22.8. The lowest BCUT2D eigenvalue weighted by atomic mass is 9.87. The van der Waals surface area contributed by atoms with Gasteiger partial charge < -0.3 is 15.7 Å².